The number of thioether (sulfide) groups is 1. The third-order valence-corrected chi connectivity index (χ3v) is 3.25. The lowest BCUT2D eigenvalue weighted by atomic mass is 10.4. The second-order valence-electron chi connectivity index (χ2n) is 3.55. The first-order chi connectivity index (χ1) is 7.45. The van der Waals surface area contributed by atoms with Gasteiger partial charge in [-0.1, -0.05) is 18.2 Å². The molecule has 0 aromatic heterocycles. The van der Waals surface area contributed by atoms with E-state index in [2.05, 4.69) is 24.3 Å². The molecule has 0 saturated carbocycles. The molecule has 1 aromatic carbocycles. The van der Waals surface area contributed by atoms with Gasteiger partial charge in [-0.05, 0) is 18.6 Å². The van der Waals surface area contributed by atoms with Crippen molar-refractivity contribution in [1.82, 2.24) is 0 Å². The first-order valence-corrected chi connectivity index (χ1v) is 6.31. The normalized spacial score (nSPS) is 19.1. The van der Waals surface area contributed by atoms with Crippen LogP contribution in [-0.4, -0.2) is 31.7 Å². The molecule has 1 atom stereocenters. The van der Waals surface area contributed by atoms with Crippen molar-refractivity contribution >= 4 is 11.8 Å². The fraction of sp³-hybridized carbons (Fsp3) is 0.500. The van der Waals surface area contributed by atoms with E-state index in [4.69, 9.17) is 9.47 Å². The quantitative estimate of drug-likeness (QED) is 0.404. The Labute approximate surface area is 95.0 Å². The van der Waals surface area contributed by atoms with E-state index in [9.17, 15) is 0 Å². The minimum absolute atomic E-state index is 0.395. The van der Waals surface area contributed by atoms with Gasteiger partial charge >= 0.3 is 0 Å². The fourth-order valence-corrected chi connectivity index (χ4v) is 2.09. The van der Waals surface area contributed by atoms with Crippen molar-refractivity contribution in [2.24, 2.45) is 0 Å². The molecule has 0 spiro atoms. The van der Waals surface area contributed by atoms with Crippen LogP contribution in [-0.2, 0) is 9.47 Å². The van der Waals surface area contributed by atoms with E-state index in [1.54, 1.807) is 0 Å². The molecular weight excluding hydrogens is 208 g/mol. The van der Waals surface area contributed by atoms with Crippen LogP contribution in [0.4, 0.5) is 0 Å². The van der Waals surface area contributed by atoms with Crippen LogP contribution in [0.5, 0.6) is 0 Å². The van der Waals surface area contributed by atoms with Gasteiger partial charge in [0.2, 0.25) is 0 Å². The molecule has 2 nitrogen and oxygen atoms in total. The van der Waals surface area contributed by atoms with Crippen molar-refractivity contribution in [3.63, 3.8) is 0 Å². The van der Waals surface area contributed by atoms with Gasteiger partial charge in [0, 0.05) is 17.3 Å². The van der Waals surface area contributed by atoms with Crippen LogP contribution >= 0.6 is 11.8 Å². The third kappa shape index (κ3) is 4.69. The molecule has 1 aliphatic rings. The summed E-state index contributed by atoms with van der Waals surface area (Å²) in [4.78, 5) is 1.34. The summed E-state index contributed by atoms with van der Waals surface area (Å²) in [6, 6.07) is 10.5. The maximum atomic E-state index is 5.46. The van der Waals surface area contributed by atoms with Crippen molar-refractivity contribution in [3.05, 3.63) is 30.3 Å². The highest BCUT2D eigenvalue weighted by Gasteiger charge is 2.21. The SMILES string of the molecule is c1ccc(SCCCOCC2CO2)cc1. The van der Waals surface area contributed by atoms with E-state index >= 15 is 0 Å². The highest BCUT2D eigenvalue weighted by Crippen LogP contribution is 2.17. The summed E-state index contributed by atoms with van der Waals surface area (Å²) >= 11 is 1.88. The van der Waals surface area contributed by atoms with Crippen LogP contribution < -0.4 is 0 Å². The molecule has 0 radical (unpaired) electrons. The van der Waals surface area contributed by atoms with Crippen LogP contribution in [0.25, 0.3) is 0 Å². The average molecular weight is 224 g/mol. The Bertz CT molecular complexity index is 272. The molecule has 0 bridgehead atoms. The Morgan fingerprint density at radius 3 is 2.87 bits per heavy atom. The monoisotopic (exact) mass is 224 g/mol. The second kappa shape index (κ2) is 6.16. The number of hydrogen-bond donors (Lipinski definition) is 0. The summed E-state index contributed by atoms with van der Waals surface area (Å²) < 4.78 is 10.5. The molecule has 1 aliphatic heterocycles. The lowest BCUT2D eigenvalue weighted by Crippen LogP contribution is -2.03. The zero-order chi connectivity index (χ0) is 10.3. The van der Waals surface area contributed by atoms with E-state index < -0.39 is 0 Å². The average Bonchev–Trinajstić information content (AvgIpc) is 3.09. The van der Waals surface area contributed by atoms with E-state index in [1.165, 1.54) is 4.90 Å². The predicted molar refractivity (Wildman–Crippen MR) is 62.3 cm³/mol. The van der Waals surface area contributed by atoms with Gasteiger partial charge in [-0.2, -0.15) is 0 Å². The summed E-state index contributed by atoms with van der Waals surface area (Å²) in [5.41, 5.74) is 0. The summed E-state index contributed by atoms with van der Waals surface area (Å²) in [6.45, 7) is 2.51. The van der Waals surface area contributed by atoms with Gasteiger partial charge in [0.1, 0.15) is 6.10 Å². The minimum atomic E-state index is 0.395. The molecule has 1 saturated heterocycles. The van der Waals surface area contributed by atoms with Gasteiger partial charge in [-0.25, -0.2) is 0 Å². The molecule has 2 rings (SSSR count). The van der Waals surface area contributed by atoms with E-state index in [0.29, 0.717) is 6.10 Å². The third-order valence-electron chi connectivity index (χ3n) is 2.15. The van der Waals surface area contributed by atoms with Gasteiger partial charge in [0.25, 0.3) is 0 Å². The van der Waals surface area contributed by atoms with Crippen LogP contribution in [0.3, 0.4) is 0 Å². The van der Waals surface area contributed by atoms with Gasteiger partial charge < -0.3 is 9.47 Å². The molecule has 0 aliphatic carbocycles. The van der Waals surface area contributed by atoms with Crippen molar-refractivity contribution in [3.8, 4) is 0 Å². The van der Waals surface area contributed by atoms with Crippen molar-refractivity contribution in [1.29, 1.82) is 0 Å². The Kier molecular flexibility index (Phi) is 4.51. The maximum Gasteiger partial charge on any atom is 0.104 e. The number of benzene rings is 1. The lowest BCUT2D eigenvalue weighted by Gasteiger charge is -2.02. The van der Waals surface area contributed by atoms with Crippen LogP contribution in [0.1, 0.15) is 6.42 Å². The topological polar surface area (TPSA) is 21.8 Å². The summed E-state index contributed by atoms with van der Waals surface area (Å²) in [7, 11) is 0. The Morgan fingerprint density at radius 1 is 1.33 bits per heavy atom. The highest BCUT2D eigenvalue weighted by molar-refractivity contribution is 7.99. The van der Waals surface area contributed by atoms with Gasteiger partial charge in [-0.3, -0.25) is 0 Å². The van der Waals surface area contributed by atoms with E-state index in [-0.39, 0.29) is 0 Å². The predicted octanol–water partition coefficient (Wildman–Crippen LogP) is 2.58. The number of hydrogen-bond acceptors (Lipinski definition) is 3. The second-order valence-corrected chi connectivity index (χ2v) is 4.71. The molecule has 15 heavy (non-hydrogen) atoms. The smallest absolute Gasteiger partial charge is 0.104 e. The fourth-order valence-electron chi connectivity index (χ4n) is 1.25. The van der Waals surface area contributed by atoms with Crippen LogP contribution in [0, 0.1) is 0 Å². The Balaban J connectivity index is 1.47. The van der Waals surface area contributed by atoms with Crippen molar-refractivity contribution in [2.75, 3.05) is 25.6 Å². The standard InChI is InChI=1S/C12H16O2S/c1-2-5-12(6-3-1)15-8-4-7-13-9-11-10-14-11/h1-3,5-6,11H,4,7-10H2. The summed E-state index contributed by atoms with van der Waals surface area (Å²) in [6.07, 6.45) is 1.50. The number of epoxide rings is 1. The van der Waals surface area contributed by atoms with Gasteiger partial charge in [-0.15, -0.1) is 11.8 Å². The lowest BCUT2D eigenvalue weighted by molar-refractivity contribution is 0.117. The summed E-state index contributed by atoms with van der Waals surface area (Å²) in [5, 5.41) is 0. The van der Waals surface area contributed by atoms with Gasteiger partial charge in [0.15, 0.2) is 0 Å². The molecular formula is C12H16O2S. The van der Waals surface area contributed by atoms with Gasteiger partial charge in [0.05, 0.1) is 13.2 Å². The molecule has 3 heteroatoms. The van der Waals surface area contributed by atoms with E-state index in [1.807, 2.05) is 17.8 Å². The maximum absolute atomic E-state index is 5.46. The molecule has 1 unspecified atom stereocenters. The number of rotatable bonds is 7. The summed E-state index contributed by atoms with van der Waals surface area (Å²) in [5.74, 6) is 1.12. The Hall–Kier alpha value is -0.510. The first kappa shape index (κ1) is 11.0. The van der Waals surface area contributed by atoms with E-state index in [0.717, 1.165) is 32.0 Å². The molecule has 0 N–H and O–H groups in total. The Morgan fingerprint density at radius 2 is 2.13 bits per heavy atom. The largest absolute Gasteiger partial charge is 0.379 e. The molecule has 82 valence electrons. The highest BCUT2D eigenvalue weighted by atomic mass is 32.2. The molecule has 0 amide bonds. The van der Waals surface area contributed by atoms with Crippen LogP contribution in [0.2, 0.25) is 0 Å². The molecule has 1 heterocycles. The van der Waals surface area contributed by atoms with Crippen molar-refractivity contribution < 1.29 is 9.47 Å². The van der Waals surface area contributed by atoms with Crippen molar-refractivity contribution in [2.45, 2.75) is 17.4 Å². The molecule has 1 aromatic rings. The first-order valence-electron chi connectivity index (χ1n) is 5.32. The van der Waals surface area contributed by atoms with Crippen LogP contribution in [0.15, 0.2) is 35.2 Å². The molecule has 1 fully saturated rings. The number of ether oxygens (including phenoxy) is 2. The minimum Gasteiger partial charge on any atom is -0.379 e. The zero-order valence-corrected chi connectivity index (χ0v) is 9.54. The zero-order valence-electron chi connectivity index (χ0n) is 8.72.